The minimum Gasteiger partial charge on any atom is -0.462 e. The van der Waals surface area contributed by atoms with Crippen LogP contribution in [0.2, 0.25) is 0 Å². The van der Waals surface area contributed by atoms with Crippen molar-refractivity contribution in [3.05, 3.63) is 16.3 Å². The van der Waals surface area contributed by atoms with Crippen LogP contribution in [0.4, 0.5) is 5.82 Å². The van der Waals surface area contributed by atoms with E-state index in [4.69, 9.17) is 14.7 Å². The molecule has 0 saturated carbocycles. The van der Waals surface area contributed by atoms with E-state index >= 15 is 0 Å². The summed E-state index contributed by atoms with van der Waals surface area (Å²) < 4.78 is 5.32. The van der Waals surface area contributed by atoms with Crippen molar-refractivity contribution in [2.75, 3.05) is 37.7 Å². The molecule has 0 atom stereocenters. The van der Waals surface area contributed by atoms with Crippen molar-refractivity contribution in [2.45, 2.75) is 71.8 Å². The number of piperidine rings is 1. The predicted molar refractivity (Wildman–Crippen MR) is 122 cm³/mol. The molecule has 30 heavy (non-hydrogen) atoms. The SMILES string of the molecule is CCOC(=O)c1sc2nc(C[NH+]3CCCCC3)nc(N3CCCCCCC3)c2c1C. The number of aryl methyl sites for hydroxylation is 1. The average molecular weight is 432 g/mol. The molecule has 1 N–H and O–H groups in total. The zero-order valence-corrected chi connectivity index (χ0v) is 19.3. The monoisotopic (exact) mass is 431 g/mol. The van der Waals surface area contributed by atoms with Gasteiger partial charge in [0, 0.05) is 13.1 Å². The number of thiophene rings is 1. The van der Waals surface area contributed by atoms with Crippen molar-refractivity contribution >= 4 is 33.3 Å². The number of quaternary nitrogens is 1. The molecule has 2 aromatic heterocycles. The van der Waals surface area contributed by atoms with Gasteiger partial charge >= 0.3 is 5.97 Å². The second kappa shape index (κ2) is 10.1. The number of rotatable bonds is 5. The Hall–Kier alpha value is -1.73. The van der Waals surface area contributed by atoms with Crippen molar-refractivity contribution in [1.29, 1.82) is 0 Å². The highest BCUT2D eigenvalue weighted by molar-refractivity contribution is 7.20. The van der Waals surface area contributed by atoms with Crippen LogP contribution in [0.5, 0.6) is 0 Å². The first-order chi connectivity index (χ1) is 14.7. The number of anilines is 1. The summed E-state index contributed by atoms with van der Waals surface area (Å²) in [4.78, 5) is 28.3. The van der Waals surface area contributed by atoms with Gasteiger partial charge in [-0.15, -0.1) is 11.3 Å². The van der Waals surface area contributed by atoms with Gasteiger partial charge in [0.15, 0.2) is 5.82 Å². The number of aromatic nitrogens is 2. The molecular weight excluding hydrogens is 396 g/mol. The van der Waals surface area contributed by atoms with Crippen molar-refractivity contribution in [2.24, 2.45) is 0 Å². The van der Waals surface area contributed by atoms with Crippen molar-refractivity contribution in [3.63, 3.8) is 0 Å². The molecule has 2 aliphatic rings. The van der Waals surface area contributed by atoms with E-state index in [0.29, 0.717) is 11.5 Å². The molecule has 2 fully saturated rings. The molecule has 7 heteroatoms. The third kappa shape index (κ3) is 4.78. The maximum absolute atomic E-state index is 12.5. The Labute approximate surface area is 183 Å². The molecule has 4 heterocycles. The number of carbonyl (C=O) groups excluding carboxylic acids is 1. The Kier molecular flexibility index (Phi) is 7.20. The molecule has 0 radical (unpaired) electrons. The molecular formula is C23H35N4O2S+. The Morgan fingerprint density at radius 2 is 1.70 bits per heavy atom. The van der Waals surface area contributed by atoms with Crippen LogP contribution in [0.1, 0.15) is 79.3 Å². The van der Waals surface area contributed by atoms with Gasteiger partial charge in [0.1, 0.15) is 22.1 Å². The lowest BCUT2D eigenvalue weighted by Crippen LogP contribution is -3.11. The summed E-state index contributed by atoms with van der Waals surface area (Å²) in [6.45, 7) is 9.63. The first-order valence-electron chi connectivity index (χ1n) is 11.7. The predicted octanol–water partition coefficient (Wildman–Crippen LogP) is 3.52. The van der Waals surface area contributed by atoms with Crippen LogP contribution in [-0.2, 0) is 11.3 Å². The summed E-state index contributed by atoms with van der Waals surface area (Å²) in [5.41, 5.74) is 0.974. The van der Waals surface area contributed by atoms with Gasteiger partial charge in [-0.1, -0.05) is 19.3 Å². The van der Waals surface area contributed by atoms with E-state index in [1.807, 2.05) is 13.8 Å². The van der Waals surface area contributed by atoms with Crippen LogP contribution in [0.15, 0.2) is 0 Å². The summed E-state index contributed by atoms with van der Waals surface area (Å²) >= 11 is 1.47. The molecule has 164 valence electrons. The summed E-state index contributed by atoms with van der Waals surface area (Å²) in [6.07, 6.45) is 10.2. The Morgan fingerprint density at radius 3 is 2.40 bits per heavy atom. The molecule has 2 saturated heterocycles. The molecule has 2 aromatic rings. The molecule has 0 spiro atoms. The zero-order chi connectivity index (χ0) is 20.9. The fourth-order valence-corrected chi connectivity index (χ4v) is 5.86. The van der Waals surface area contributed by atoms with Crippen LogP contribution in [0.3, 0.4) is 0 Å². The molecule has 0 amide bonds. The number of hydrogen-bond donors (Lipinski definition) is 1. The molecule has 0 aromatic carbocycles. The third-order valence-corrected chi connectivity index (χ3v) is 7.57. The lowest BCUT2D eigenvalue weighted by Gasteiger charge is -2.27. The van der Waals surface area contributed by atoms with Gasteiger partial charge in [-0.3, -0.25) is 0 Å². The minimum absolute atomic E-state index is 0.236. The third-order valence-electron chi connectivity index (χ3n) is 6.40. The minimum atomic E-state index is -0.236. The number of nitrogens with one attached hydrogen (secondary N) is 1. The van der Waals surface area contributed by atoms with Crippen LogP contribution in [0, 0.1) is 6.92 Å². The van der Waals surface area contributed by atoms with E-state index in [1.165, 1.54) is 75.8 Å². The Morgan fingerprint density at radius 1 is 1.03 bits per heavy atom. The van der Waals surface area contributed by atoms with E-state index in [9.17, 15) is 4.79 Å². The highest BCUT2D eigenvalue weighted by Gasteiger charge is 2.25. The maximum atomic E-state index is 12.5. The second-order valence-corrected chi connectivity index (χ2v) is 9.66. The van der Waals surface area contributed by atoms with Crippen LogP contribution in [0.25, 0.3) is 10.2 Å². The number of fused-ring (bicyclic) bond motifs is 1. The fraction of sp³-hybridized carbons (Fsp3) is 0.696. The lowest BCUT2D eigenvalue weighted by atomic mass is 10.1. The zero-order valence-electron chi connectivity index (χ0n) is 18.5. The first kappa shape index (κ1) is 21.5. The maximum Gasteiger partial charge on any atom is 0.348 e. The summed E-state index contributed by atoms with van der Waals surface area (Å²) in [5, 5.41) is 1.06. The van der Waals surface area contributed by atoms with E-state index < -0.39 is 0 Å². The number of likely N-dealkylation sites (tertiary alicyclic amines) is 1. The van der Waals surface area contributed by atoms with Gasteiger partial charge in [-0.05, 0) is 51.5 Å². The molecule has 0 bridgehead atoms. The number of carbonyl (C=O) groups is 1. The molecule has 2 aliphatic heterocycles. The summed E-state index contributed by atoms with van der Waals surface area (Å²) in [7, 11) is 0. The second-order valence-electron chi connectivity index (χ2n) is 8.66. The lowest BCUT2D eigenvalue weighted by molar-refractivity contribution is -0.919. The smallest absolute Gasteiger partial charge is 0.348 e. The van der Waals surface area contributed by atoms with E-state index in [-0.39, 0.29) is 5.97 Å². The van der Waals surface area contributed by atoms with E-state index in [2.05, 4.69) is 4.90 Å². The van der Waals surface area contributed by atoms with Crippen molar-refractivity contribution < 1.29 is 14.4 Å². The van der Waals surface area contributed by atoms with E-state index in [1.54, 1.807) is 4.90 Å². The van der Waals surface area contributed by atoms with Gasteiger partial charge in [-0.25, -0.2) is 14.8 Å². The summed E-state index contributed by atoms with van der Waals surface area (Å²) in [6, 6.07) is 0. The van der Waals surface area contributed by atoms with Crippen LogP contribution >= 0.6 is 11.3 Å². The Balaban J connectivity index is 1.74. The number of hydrogen-bond acceptors (Lipinski definition) is 6. The van der Waals surface area contributed by atoms with Crippen LogP contribution in [-0.4, -0.2) is 48.7 Å². The average Bonchev–Trinajstić information content (AvgIpc) is 3.05. The topological polar surface area (TPSA) is 59.8 Å². The standard InChI is InChI=1S/C23H34N4O2S/c1-3-29-23(28)20-17(2)19-21(27-14-10-5-4-6-11-15-27)24-18(25-22(19)30-20)16-26-12-8-7-9-13-26/h3-16H2,1-2H3/p+1. The highest BCUT2D eigenvalue weighted by Crippen LogP contribution is 2.36. The molecule has 4 rings (SSSR count). The first-order valence-corrected chi connectivity index (χ1v) is 12.5. The Bertz CT molecular complexity index is 868. The molecule has 0 aliphatic carbocycles. The number of ether oxygens (including phenoxy) is 1. The highest BCUT2D eigenvalue weighted by atomic mass is 32.1. The largest absolute Gasteiger partial charge is 0.462 e. The van der Waals surface area contributed by atoms with Gasteiger partial charge < -0.3 is 14.5 Å². The quantitative estimate of drug-likeness (QED) is 0.734. The van der Waals surface area contributed by atoms with Gasteiger partial charge in [0.2, 0.25) is 0 Å². The fourth-order valence-electron chi connectivity index (χ4n) is 4.77. The molecule has 6 nitrogen and oxygen atoms in total. The van der Waals surface area contributed by atoms with Crippen molar-refractivity contribution in [3.8, 4) is 0 Å². The van der Waals surface area contributed by atoms with E-state index in [0.717, 1.165) is 47.1 Å². The number of esters is 1. The van der Waals surface area contributed by atoms with Gasteiger partial charge in [0.25, 0.3) is 0 Å². The summed E-state index contributed by atoms with van der Waals surface area (Å²) in [5.74, 6) is 1.73. The normalized spacial score (nSPS) is 18.9. The van der Waals surface area contributed by atoms with Crippen molar-refractivity contribution in [1.82, 2.24) is 9.97 Å². The van der Waals surface area contributed by atoms with Crippen LogP contribution < -0.4 is 9.80 Å². The number of nitrogens with zero attached hydrogens (tertiary/aromatic N) is 3. The van der Waals surface area contributed by atoms with Gasteiger partial charge in [0.05, 0.1) is 25.1 Å². The molecule has 0 unspecified atom stereocenters. The van der Waals surface area contributed by atoms with Gasteiger partial charge in [-0.2, -0.15) is 0 Å².